The second kappa shape index (κ2) is 8.96. The lowest BCUT2D eigenvalue weighted by molar-refractivity contribution is 0.0963. The van der Waals surface area contributed by atoms with Crippen LogP contribution in [-0.2, 0) is 6.54 Å². The number of carbonyl (C=O) groups is 1. The van der Waals surface area contributed by atoms with E-state index in [0.717, 1.165) is 24.3 Å². The number of hydrogen-bond donors (Lipinski definition) is 3. The summed E-state index contributed by atoms with van der Waals surface area (Å²) in [5.74, 6) is 0.914. The van der Waals surface area contributed by atoms with Crippen LogP contribution in [0.2, 0.25) is 0 Å². The number of hydrogen-bond acceptors (Lipinski definition) is 4. The first kappa shape index (κ1) is 16.0. The second-order valence-corrected chi connectivity index (χ2v) is 5.23. The molecule has 1 atom stereocenters. The number of rotatable bonds is 8. The number of carbonyl (C=O) groups excluding carboxylic acids is 1. The van der Waals surface area contributed by atoms with Crippen LogP contribution in [0.3, 0.4) is 0 Å². The molecule has 4 nitrogen and oxygen atoms in total. The largest absolute Gasteiger partial charge is 0.396 e. The van der Waals surface area contributed by atoms with E-state index in [1.54, 1.807) is 18.8 Å². The molecule has 0 bridgehead atoms. The molecule has 1 rings (SSSR count). The van der Waals surface area contributed by atoms with Gasteiger partial charge in [-0.1, -0.05) is 12.1 Å². The Kier molecular flexibility index (Phi) is 7.55. The first-order chi connectivity index (χ1) is 9.21. The van der Waals surface area contributed by atoms with Crippen molar-refractivity contribution in [3.05, 3.63) is 35.4 Å². The van der Waals surface area contributed by atoms with Gasteiger partial charge in [-0.25, -0.2) is 0 Å². The Bertz CT molecular complexity index is 376. The lowest BCUT2D eigenvalue weighted by atomic mass is 10.1. The van der Waals surface area contributed by atoms with E-state index >= 15 is 0 Å². The molecule has 0 aliphatic carbocycles. The number of nitrogens with one attached hydrogen (secondary N) is 2. The van der Waals surface area contributed by atoms with E-state index in [1.807, 2.05) is 24.3 Å². The molecule has 0 saturated carbocycles. The maximum absolute atomic E-state index is 11.4. The fourth-order valence-electron chi connectivity index (χ4n) is 1.78. The Morgan fingerprint density at radius 3 is 2.58 bits per heavy atom. The molecule has 0 aromatic heterocycles. The molecule has 0 aliphatic rings. The molecule has 0 radical (unpaired) electrons. The molecule has 1 unspecified atom stereocenters. The van der Waals surface area contributed by atoms with Gasteiger partial charge in [0.15, 0.2) is 0 Å². The van der Waals surface area contributed by atoms with E-state index in [0.29, 0.717) is 11.6 Å². The summed E-state index contributed by atoms with van der Waals surface area (Å²) in [4.78, 5) is 11.4. The van der Waals surface area contributed by atoms with E-state index < -0.39 is 0 Å². The Balaban J connectivity index is 2.50. The SMILES string of the molecule is CNC(=O)c1ccc(CNC(CCO)CSC)cc1. The highest BCUT2D eigenvalue weighted by atomic mass is 32.2. The van der Waals surface area contributed by atoms with E-state index in [9.17, 15) is 4.79 Å². The third kappa shape index (κ3) is 5.63. The minimum absolute atomic E-state index is 0.0694. The predicted octanol–water partition coefficient (Wildman–Crippen LogP) is 1.25. The van der Waals surface area contributed by atoms with Gasteiger partial charge in [-0.05, 0) is 30.4 Å². The van der Waals surface area contributed by atoms with Crippen LogP contribution in [0.15, 0.2) is 24.3 Å². The number of aliphatic hydroxyl groups is 1. The topological polar surface area (TPSA) is 61.4 Å². The molecule has 19 heavy (non-hydrogen) atoms. The third-order valence-corrected chi connectivity index (χ3v) is 3.62. The van der Waals surface area contributed by atoms with Crippen molar-refractivity contribution in [1.29, 1.82) is 0 Å². The van der Waals surface area contributed by atoms with Gasteiger partial charge in [0.1, 0.15) is 0 Å². The van der Waals surface area contributed by atoms with Gasteiger partial charge in [0.05, 0.1) is 0 Å². The molecule has 0 saturated heterocycles. The van der Waals surface area contributed by atoms with Crippen LogP contribution in [0.1, 0.15) is 22.3 Å². The summed E-state index contributed by atoms with van der Waals surface area (Å²) in [6, 6.07) is 7.87. The molecule has 0 spiro atoms. The summed E-state index contributed by atoms with van der Waals surface area (Å²) in [5, 5.41) is 15.0. The van der Waals surface area contributed by atoms with Gasteiger partial charge in [0, 0.05) is 37.6 Å². The number of thioether (sulfide) groups is 1. The average molecular weight is 282 g/mol. The lowest BCUT2D eigenvalue weighted by Gasteiger charge is -2.16. The maximum Gasteiger partial charge on any atom is 0.251 e. The van der Waals surface area contributed by atoms with Gasteiger partial charge in [-0.15, -0.1) is 0 Å². The highest BCUT2D eigenvalue weighted by Crippen LogP contribution is 2.06. The maximum atomic E-state index is 11.4. The third-order valence-electron chi connectivity index (χ3n) is 2.88. The van der Waals surface area contributed by atoms with Crippen molar-refractivity contribution < 1.29 is 9.90 Å². The van der Waals surface area contributed by atoms with Gasteiger partial charge >= 0.3 is 0 Å². The highest BCUT2D eigenvalue weighted by Gasteiger charge is 2.07. The van der Waals surface area contributed by atoms with E-state index in [1.165, 1.54) is 0 Å². The monoisotopic (exact) mass is 282 g/mol. The fraction of sp³-hybridized carbons (Fsp3) is 0.500. The molecule has 5 heteroatoms. The first-order valence-electron chi connectivity index (χ1n) is 6.35. The van der Waals surface area contributed by atoms with Gasteiger partial charge in [-0.3, -0.25) is 4.79 Å². The van der Waals surface area contributed by atoms with Gasteiger partial charge < -0.3 is 15.7 Å². The predicted molar refractivity (Wildman–Crippen MR) is 80.5 cm³/mol. The van der Waals surface area contributed by atoms with Crippen LogP contribution in [0.25, 0.3) is 0 Å². The highest BCUT2D eigenvalue weighted by molar-refractivity contribution is 7.98. The number of amides is 1. The molecule has 3 N–H and O–H groups in total. The number of aliphatic hydroxyl groups excluding tert-OH is 1. The molecule has 0 aliphatic heterocycles. The Morgan fingerprint density at radius 2 is 2.05 bits per heavy atom. The normalized spacial score (nSPS) is 12.2. The summed E-state index contributed by atoms with van der Waals surface area (Å²) < 4.78 is 0. The van der Waals surface area contributed by atoms with Crippen LogP contribution < -0.4 is 10.6 Å². The average Bonchev–Trinajstić information content (AvgIpc) is 2.45. The van der Waals surface area contributed by atoms with Gasteiger partial charge in [-0.2, -0.15) is 11.8 Å². The van der Waals surface area contributed by atoms with Gasteiger partial charge in [0.25, 0.3) is 5.91 Å². The zero-order valence-corrected chi connectivity index (χ0v) is 12.3. The van der Waals surface area contributed by atoms with Crippen molar-refractivity contribution in [2.75, 3.05) is 25.7 Å². The zero-order chi connectivity index (χ0) is 14.1. The Labute approximate surface area is 119 Å². The molecule has 1 aromatic rings. The van der Waals surface area contributed by atoms with Crippen LogP contribution in [0.5, 0.6) is 0 Å². The zero-order valence-electron chi connectivity index (χ0n) is 11.5. The van der Waals surface area contributed by atoms with Crippen molar-refractivity contribution in [1.82, 2.24) is 10.6 Å². The summed E-state index contributed by atoms with van der Waals surface area (Å²) in [7, 11) is 1.62. The first-order valence-corrected chi connectivity index (χ1v) is 7.74. The minimum atomic E-state index is -0.0694. The molecule has 0 heterocycles. The van der Waals surface area contributed by atoms with Crippen LogP contribution in [0, 0.1) is 0 Å². The van der Waals surface area contributed by atoms with Crippen molar-refractivity contribution in [2.45, 2.75) is 19.0 Å². The molecule has 106 valence electrons. The van der Waals surface area contributed by atoms with E-state index in [2.05, 4.69) is 16.9 Å². The minimum Gasteiger partial charge on any atom is -0.396 e. The summed E-state index contributed by atoms with van der Waals surface area (Å²) >= 11 is 1.77. The smallest absolute Gasteiger partial charge is 0.251 e. The summed E-state index contributed by atoms with van der Waals surface area (Å²) in [5.41, 5.74) is 1.80. The second-order valence-electron chi connectivity index (χ2n) is 4.32. The summed E-state index contributed by atoms with van der Waals surface area (Å²) in [6.45, 7) is 0.951. The molecule has 1 amide bonds. The van der Waals surface area contributed by atoms with Crippen LogP contribution in [-0.4, -0.2) is 42.7 Å². The molecule has 0 fully saturated rings. The fourth-order valence-corrected chi connectivity index (χ4v) is 2.47. The standard InChI is InChI=1S/C14H22N2O2S/c1-15-14(18)12-5-3-11(4-6-12)9-16-13(7-8-17)10-19-2/h3-6,13,16-17H,7-10H2,1-2H3,(H,15,18). The van der Waals surface area contributed by atoms with Crippen molar-refractivity contribution in [3.8, 4) is 0 Å². The van der Waals surface area contributed by atoms with Crippen molar-refractivity contribution >= 4 is 17.7 Å². The van der Waals surface area contributed by atoms with E-state index in [-0.39, 0.29) is 12.5 Å². The quantitative estimate of drug-likeness (QED) is 0.671. The van der Waals surface area contributed by atoms with Gasteiger partial charge in [0.2, 0.25) is 0 Å². The van der Waals surface area contributed by atoms with E-state index in [4.69, 9.17) is 5.11 Å². The lowest BCUT2D eigenvalue weighted by Crippen LogP contribution is -2.31. The van der Waals surface area contributed by atoms with Crippen LogP contribution in [0.4, 0.5) is 0 Å². The van der Waals surface area contributed by atoms with Crippen molar-refractivity contribution in [3.63, 3.8) is 0 Å². The van der Waals surface area contributed by atoms with Crippen LogP contribution >= 0.6 is 11.8 Å². The summed E-state index contributed by atoms with van der Waals surface area (Å²) in [6.07, 6.45) is 2.82. The molecule has 1 aromatic carbocycles. The Morgan fingerprint density at radius 1 is 1.37 bits per heavy atom. The van der Waals surface area contributed by atoms with Crippen molar-refractivity contribution in [2.24, 2.45) is 0 Å². The number of benzene rings is 1. The molecular formula is C14H22N2O2S. The molecular weight excluding hydrogens is 260 g/mol. The Hall–Kier alpha value is -1.04.